The zero-order chi connectivity index (χ0) is 14.6. The monoisotopic (exact) mass is 357 g/mol. The first-order valence-electron chi connectivity index (χ1n) is 5.95. The maximum absolute atomic E-state index is 13.5. The highest BCUT2D eigenvalue weighted by molar-refractivity contribution is 9.09. The first kappa shape index (κ1) is 15.0. The summed E-state index contributed by atoms with van der Waals surface area (Å²) in [6.45, 7) is 0. The molecule has 2 aromatic carbocycles. The number of anilines is 1. The molecule has 0 aromatic heterocycles. The molecule has 0 saturated heterocycles. The Morgan fingerprint density at radius 1 is 1.05 bits per heavy atom. The van der Waals surface area contributed by atoms with E-state index in [-0.39, 0.29) is 10.6 Å². The predicted octanol–water partition coefficient (Wildman–Crippen LogP) is 3.56. The summed E-state index contributed by atoms with van der Waals surface area (Å²) >= 11 is 3.32. The number of aryl methyl sites for hydroxylation is 1. The van der Waals surface area contributed by atoms with Gasteiger partial charge in [0, 0.05) is 5.33 Å². The van der Waals surface area contributed by atoms with Crippen LogP contribution in [0.4, 0.5) is 10.1 Å². The number of sulfonamides is 1. The minimum Gasteiger partial charge on any atom is -0.277 e. The van der Waals surface area contributed by atoms with Crippen LogP contribution in [-0.4, -0.2) is 13.7 Å². The molecule has 0 atom stereocenters. The molecule has 0 aliphatic rings. The molecule has 20 heavy (non-hydrogen) atoms. The molecule has 1 N–H and O–H groups in total. The van der Waals surface area contributed by atoms with Gasteiger partial charge in [-0.25, -0.2) is 12.8 Å². The van der Waals surface area contributed by atoms with Crippen molar-refractivity contribution in [2.45, 2.75) is 11.3 Å². The number of alkyl halides is 1. The Kier molecular flexibility index (Phi) is 4.77. The van der Waals surface area contributed by atoms with Gasteiger partial charge in [-0.2, -0.15) is 0 Å². The Balaban J connectivity index is 2.24. The second kappa shape index (κ2) is 6.37. The Morgan fingerprint density at radius 2 is 1.70 bits per heavy atom. The van der Waals surface area contributed by atoms with Gasteiger partial charge >= 0.3 is 0 Å². The number of hydrogen-bond acceptors (Lipinski definition) is 2. The van der Waals surface area contributed by atoms with Crippen LogP contribution in [0.5, 0.6) is 0 Å². The fourth-order valence-electron chi connectivity index (χ4n) is 1.69. The van der Waals surface area contributed by atoms with Gasteiger partial charge in [-0.15, -0.1) is 0 Å². The van der Waals surface area contributed by atoms with Crippen molar-refractivity contribution < 1.29 is 12.8 Å². The summed E-state index contributed by atoms with van der Waals surface area (Å²) in [7, 11) is -3.77. The Labute approximate surface area is 126 Å². The molecule has 2 rings (SSSR count). The SMILES string of the molecule is O=S(=O)(Nc1ccccc1F)c1ccc(CCBr)cc1. The van der Waals surface area contributed by atoms with Gasteiger partial charge in [0.2, 0.25) is 0 Å². The van der Waals surface area contributed by atoms with Crippen molar-refractivity contribution in [2.24, 2.45) is 0 Å². The lowest BCUT2D eigenvalue weighted by atomic mass is 10.2. The van der Waals surface area contributed by atoms with E-state index < -0.39 is 15.8 Å². The van der Waals surface area contributed by atoms with E-state index in [1.54, 1.807) is 18.2 Å². The number of halogens is 2. The smallest absolute Gasteiger partial charge is 0.261 e. The third-order valence-electron chi connectivity index (χ3n) is 2.73. The lowest BCUT2D eigenvalue weighted by Crippen LogP contribution is -2.13. The predicted molar refractivity (Wildman–Crippen MR) is 81.1 cm³/mol. The highest BCUT2D eigenvalue weighted by Gasteiger charge is 2.15. The largest absolute Gasteiger partial charge is 0.277 e. The van der Waals surface area contributed by atoms with Gasteiger partial charge in [0.25, 0.3) is 10.0 Å². The number of hydrogen-bond donors (Lipinski definition) is 1. The molecule has 0 radical (unpaired) electrons. The minimum absolute atomic E-state index is 0.0583. The van der Waals surface area contributed by atoms with Crippen LogP contribution in [-0.2, 0) is 16.4 Å². The van der Waals surface area contributed by atoms with Crippen LogP contribution in [0.15, 0.2) is 53.4 Å². The Bertz CT molecular complexity index is 687. The van der Waals surface area contributed by atoms with E-state index in [0.717, 1.165) is 17.3 Å². The topological polar surface area (TPSA) is 46.2 Å². The van der Waals surface area contributed by atoms with Gasteiger partial charge in [-0.05, 0) is 36.2 Å². The second-order valence-corrected chi connectivity index (χ2v) is 6.64. The molecular weight excluding hydrogens is 345 g/mol. The van der Waals surface area contributed by atoms with E-state index in [2.05, 4.69) is 20.7 Å². The van der Waals surface area contributed by atoms with Gasteiger partial charge < -0.3 is 0 Å². The zero-order valence-corrected chi connectivity index (χ0v) is 12.9. The highest BCUT2D eigenvalue weighted by Crippen LogP contribution is 2.19. The summed E-state index contributed by atoms with van der Waals surface area (Å²) in [6.07, 6.45) is 0.821. The lowest BCUT2D eigenvalue weighted by Gasteiger charge is -2.09. The molecule has 0 bridgehead atoms. The van der Waals surface area contributed by atoms with Crippen molar-refractivity contribution in [3.8, 4) is 0 Å². The summed E-state index contributed by atoms with van der Waals surface area (Å²) < 4.78 is 40.0. The van der Waals surface area contributed by atoms with Crippen molar-refractivity contribution in [1.29, 1.82) is 0 Å². The van der Waals surface area contributed by atoms with E-state index in [1.807, 2.05) is 0 Å². The quantitative estimate of drug-likeness (QED) is 0.831. The molecular formula is C14H13BrFNO2S. The van der Waals surface area contributed by atoms with Crippen molar-refractivity contribution in [3.63, 3.8) is 0 Å². The molecule has 0 spiro atoms. The molecule has 3 nitrogen and oxygen atoms in total. The summed E-state index contributed by atoms with van der Waals surface area (Å²) in [5.41, 5.74) is 0.976. The molecule has 0 aliphatic heterocycles. The molecule has 0 aliphatic carbocycles. The summed E-state index contributed by atoms with van der Waals surface area (Å²) in [4.78, 5) is 0.110. The average molecular weight is 358 g/mol. The average Bonchev–Trinajstić information content (AvgIpc) is 2.42. The van der Waals surface area contributed by atoms with E-state index in [1.165, 1.54) is 30.3 Å². The van der Waals surface area contributed by atoms with E-state index >= 15 is 0 Å². The molecule has 0 saturated carbocycles. The number of benzene rings is 2. The highest BCUT2D eigenvalue weighted by atomic mass is 79.9. The van der Waals surface area contributed by atoms with Gasteiger partial charge in [-0.1, -0.05) is 40.2 Å². The first-order valence-corrected chi connectivity index (χ1v) is 8.55. The maximum atomic E-state index is 13.5. The number of nitrogens with one attached hydrogen (secondary N) is 1. The van der Waals surface area contributed by atoms with Crippen LogP contribution < -0.4 is 4.72 Å². The summed E-state index contributed by atoms with van der Waals surface area (Å²) in [5.74, 6) is -0.605. The van der Waals surface area contributed by atoms with Gasteiger partial charge in [0.15, 0.2) is 0 Å². The zero-order valence-electron chi connectivity index (χ0n) is 10.5. The normalized spacial score (nSPS) is 11.3. The molecule has 2 aromatic rings. The van der Waals surface area contributed by atoms with Crippen molar-refractivity contribution in [2.75, 3.05) is 10.1 Å². The van der Waals surface area contributed by atoms with Gasteiger partial charge in [-0.3, -0.25) is 4.72 Å². The lowest BCUT2D eigenvalue weighted by molar-refractivity contribution is 0.598. The van der Waals surface area contributed by atoms with Crippen LogP contribution >= 0.6 is 15.9 Å². The third kappa shape index (κ3) is 3.58. The van der Waals surface area contributed by atoms with Crippen molar-refractivity contribution in [1.82, 2.24) is 0 Å². The van der Waals surface area contributed by atoms with E-state index in [4.69, 9.17) is 0 Å². The van der Waals surface area contributed by atoms with Gasteiger partial charge in [0.1, 0.15) is 5.82 Å². The number of para-hydroxylation sites is 1. The first-order chi connectivity index (χ1) is 9.53. The van der Waals surface area contributed by atoms with E-state index in [9.17, 15) is 12.8 Å². The molecule has 0 fully saturated rings. The molecule has 0 unspecified atom stereocenters. The van der Waals surface area contributed by atoms with Crippen LogP contribution in [0, 0.1) is 5.82 Å². The maximum Gasteiger partial charge on any atom is 0.261 e. The van der Waals surface area contributed by atoms with Crippen LogP contribution in [0.2, 0.25) is 0 Å². The van der Waals surface area contributed by atoms with Crippen LogP contribution in [0.1, 0.15) is 5.56 Å². The number of rotatable bonds is 5. The molecule has 0 heterocycles. The summed E-state index contributed by atoms with van der Waals surface area (Å²) in [5, 5.41) is 0.812. The fraction of sp³-hybridized carbons (Fsp3) is 0.143. The molecule has 106 valence electrons. The van der Waals surface area contributed by atoms with Gasteiger partial charge in [0.05, 0.1) is 10.6 Å². The minimum atomic E-state index is -3.77. The standard InChI is InChI=1S/C14H13BrFNO2S/c15-10-9-11-5-7-12(8-6-11)20(18,19)17-14-4-2-1-3-13(14)16/h1-8,17H,9-10H2. The fourth-order valence-corrected chi connectivity index (χ4v) is 3.22. The molecule has 6 heteroatoms. The van der Waals surface area contributed by atoms with E-state index in [0.29, 0.717) is 0 Å². The molecule has 0 amide bonds. The van der Waals surface area contributed by atoms with Crippen molar-refractivity contribution in [3.05, 3.63) is 59.9 Å². The Hall–Kier alpha value is -1.40. The van der Waals surface area contributed by atoms with Crippen molar-refractivity contribution >= 4 is 31.6 Å². The summed E-state index contributed by atoms with van der Waals surface area (Å²) in [6, 6.07) is 12.2. The third-order valence-corrected chi connectivity index (χ3v) is 4.51. The van der Waals surface area contributed by atoms with Crippen LogP contribution in [0.25, 0.3) is 0 Å². The van der Waals surface area contributed by atoms with Crippen LogP contribution in [0.3, 0.4) is 0 Å². The Morgan fingerprint density at radius 3 is 2.30 bits per heavy atom. The second-order valence-electron chi connectivity index (χ2n) is 4.17.